The molecular formula is C7H9FO. The van der Waals surface area contributed by atoms with Crippen LogP contribution in [0.15, 0.2) is 24.3 Å². The van der Waals surface area contributed by atoms with Crippen LogP contribution in [0.2, 0.25) is 0 Å². The predicted octanol–water partition coefficient (Wildman–Crippen LogP) is 1.31. The monoisotopic (exact) mass is 128 g/mol. The van der Waals surface area contributed by atoms with Crippen LogP contribution < -0.4 is 0 Å². The van der Waals surface area contributed by atoms with Crippen molar-refractivity contribution in [1.82, 2.24) is 0 Å². The number of aryl methyl sites for hydroxylation is 1. The highest BCUT2D eigenvalue weighted by atomic mass is 19.1. The van der Waals surface area contributed by atoms with Gasteiger partial charge in [-0.05, 0) is 19.1 Å². The molecule has 0 aromatic heterocycles. The molecule has 1 aromatic rings. The summed E-state index contributed by atoms with van der Waals surface area (Å²) in [6.07, 6.45) is 0. The smallest absolute Gasteiger partial charge is 0.123 e. The van der Waals surface area contributed by atoms with E-state index in [1.54, 1.807) is 12.1 Å². The molecule has 2 heteroatoms. The van der Waals surface area contributed by atoms with Crippen LogP contribution in [0.3, 0.4) is 0 Å². The van der Waals surface area contributed by atoms with Crippen LogP contribution in [0.1, 0.15) is 5.56 Å². The van der Waals surface area contributed by atoms with Gasteiger partial charge in [-0.3, -0.25) is 0 Å². The third-order valence-electron chi connectivity index (χ3n) is 1.01. The van der Waals surface area contributed by atoms with E-state index in [4.69, 9.17) is 0 Å². The van der Waals surface area contributed by atoms with Crippen molar-refractivity contribution in [1.29, 1.82) is 0 Å². The summed E-state index contributed by atoms with van der Waals surface area (Å²) in [4.78, 5) is 0. The van der Waals surface area contributed by atoms with E-state index in [9.17, 15) is 4.39 Å². The molecule has 0 atom stereocenters. The fourth-order valence-corrected chi connectivity index (χ4v) is 0.533. The molecular weight excluding hydrogens is 119 g/mol. The highest BCUT2D eigenvalue weighted by molar-refractivity contribution is 5.13. The summed E-state index contributed by atoms with van der Waals surface area (Å²) < 4.78 is 12.1. The van der Waals surface area contributed by atoms with Gasteiger partial charge >= 0.3 is 0 Å². The Morgan fingerprint density at radius 2 is 1.56 bits per heavy atom. The molecule has 0 bridgehead atoms. The topological polar surface area (TPSA) is 31.5 Å². The van der Waals surface area contributed by atoms with E-state index in [1.165, 1.54) is 12.1 Å². The maximum absolute atomic E-state index is 12.1. The van der Waals surface area contributed by atoms with Gasteiger partial charge in [0.25, 0.3) is 0 Å². The van der Waals surface area contributed by atoms with Crippen molar-refractivity contribution in [2.24, 2.45) is 0 Å². The second-order valence-electron chi connectivity index (χ2n) is 1.80. The lowest BCUT2D eigenvalue weighted by Gasteiger charge is -1.87. The number of hydrogen-bond acceptors (Lipinski definition) is 0. The largest absolute Gasteiger partial charge is 0.412 e. The number of halogens is 1. The van der Waals surface area contributed by atoms with E-state index in [0.29, 0.717) is 0 Å². The molecule has 1 aromatic carbocycles. The van der Waals surface area contributed by atoms with Gasteiger partial charge in [-0.2, -0.15) is 0 Å². The summed E-state index contributed by atoms with van der Waals surface area (Å²) in [6.45, 7) is 1.93. The summed E-state index contributed by atoms with van der Waals surface area (Å²) >= 11 is 0. The Bertz CT molecular complexity index is 148. The lowest BCUT2D eigenvalue weighted by atomic mass is 10.2. The summed E-state index contributed by atoms with van der Waals surface area (Å²) in [7, 11) is 0. The molecule has 0 saturated heterocycles. The Balaban J connectivity index is 0.000000640. The van der Waals surface area contributed by atoms with Gasteiger partial charge in [-0.15, -0.1) is 0 Å². The molecule has 0 unspecified atom stereocenters. The average Bonchev–Trinajstić information content (AvgIpc) is 1.77. The van der Waals surface area contributed by atoms with Crippen LogP contribution >= 0.6 is 0 Å². The van der Waals surface area contributed by atoms with Crippen molar-refractivity contribution in [3.8, 4) is 0 Å². The molecule has 2 N–H and O–H groups in total. The standard InChI is InChI=1S/C7H7F.H2O/c1-6-2-4-7(8)5-3-6;/h2-5H,1H3;1H2. The minimum atomic E-state index is -0.171. The van der Waals surface area contributed by atoms with Crippen molar-refractivity contribution in [2.75, 3.05) is 0 Å². The van der Waals surface area contributed by atoms with Crippen LogP contribution in [0, 0.1) is 12.7 Å². The zero-order chi connectivity index (χ0) is 5.98. The van der Waals surface area contributed by atoms with Crippen LogP contribution in [-0.4, -0.2) is 5.48 Å². The maximum atomic E-state index is 12.1. The van der Waals surface area contributed by atoms with Crippen molar-refractivity contribution in [2.45, 2.75) is 6.92 Å². The number of hydrogen-bond donors (Lipinski definition) is 0. The zero-order valence-corrected chi connectivity index (χ0v) is 5.19. The fourth-order valence-electron chi connectivity index (χ4n) is 0.533. The van der Waals surface area contributed by atoms with E-state index < -0.39 is 0 Å². The van der Waals surface area contributed by atoms with Crippen molar-refractivity contribution < 1.29 is 9.87 Å². The molecule has 0 aliphatic rings. The second kappa shape index (κ2) is 3.20. The van der Waals surface area contributed by atoms with Crippen LogP contribution in [0.25, 0.3) is 0 Å². The van der Waals surface area contributed by atoms with E-state index in [2.05, 4.69) is 0 Å². The third kappa shape index (κ3) is 2.24. The van der Waals surface area contributed by atoms with Gasteiger partial charge in [0.1, 0.15) is 5.82 Å². The highest BCUT2D eigenvalue weighted by Crippen LogP contribution is 1.98. The summed E-state index contributed by atoms with van der Waals surface area (Å²) in [5, 5.41) is 0. The van der Waals surface area contributed by atoms with Gasteiger partial charge in [-0.25, -0.2) is 4.39 Å². The molecule has 0 amide bonds. The minimum Gasteiger partial charge on any atom is -0.412 e. The second-order valence-corrected chi connectivity index (χ2v) is 1.80. The highest BCUT2D eigenvalue weighted by Gasteiger charge is 1.83. The van der Waals surface area contributed by atoms with E-state index in [-0.39, 0.29) is 11.3 Å². The minimum absolute atomic E-state index is 0. The molecule has 1 rings (SSSR count). The van der Waals surface area contributed by atoms with E-state index in [1.807, 2.05) is 6.92 Å². The normalized spacial score (nSPS) is 8.22. The van der Waals surface area contributed by atoms with E-state index in [0.717, 1.165) is 5.56 Å². The SMILES string of the molecule is Cc1ccc(F)cc1.O. The van der Waals surface area contributed by atoms with Gasteiger partial charge in [0, 0.05) is 0 Å². The molecule has 0 fully saturated rings. The first kappa shape index (κ1) is 8.11. The van der Waals surface area contributed by atoms with Crippen LogP contribution in [0.5, 0.6) is 0 Å². The Morgan fingerprint density at radius 1 is 1.11 bits per heavy atom. The molecule has 50 valence electrons. The van der Waals surface area contributed by atoms with Crippen molar-refractivity contribution in [3.05, 3.63) is 35.6 Å². The van der Waals surface area contributed by atoms with Crippen molar-refractivity contribution >= 4 is 0 Å². The number of benzene rings is 1. The quantitative estimate of drug-likeness (QED) is 0.504. The number of rotatable bonds is 0. The van der Waals surface area contributed by atoms with Gasteiger partial charge in [-0.1, -0.05) is 17.7 Å². The fraction of sp³-hybridized carbons (Fsp3) is 0.143. The van der Waals surface area contributed by atoms with Crippen LogP contribution in [0.4, 0.5) is 4.39 Å². The molecule has 0 heterocycles. The Labute approximate surface area is 53.4 Å². The first-order valence-corrected chi connectivity index (χ1v) is 2.51. The predicted molar refractivity (Wildman–Crippen MR) is 34.8 cm³/mol. The maximum Gasteiger partial charge on any atom is 0.123 e. The molecule has 0 spiro atoms. The molecule has 0 saturated carbocycles. The lowest BCUT2D eigenvalue weighted by molar-refractivity contribution is 0.627. The summed E-state index contributed by atoms with van der Waals surface area (Å²) in [5.74, 6) is -0.171. The Morgan fingerprint density at radius 3 is 1.89 bits per heavy atom. The lowest BCUT2D eigenvalue weighted by Crippen LogP contribution is -1.71. The first-order chi connectivity index (χ1) is 3.79. The van der Waals surface area contributed by atoms with Gasteiger partial charge in [0.2, 0.25) is 0 Å². The van der Waals surface area contributed by atoms with Gasteiger partial charge < -0.3 is 5.48 Å². The molecule has 0 aliphatic carbocycles. The van der Waals surface area contributed by atoms with Crippen molar-refractivity contribution in [3.63, 3.8) is 0 Å². The first-order valence-electron chi connectivity index (χ1n) is 2.51. The van der Waals surface area contributed by atoms with Crippen LogP contribution in [-0.2, 0) is 0 Å². The summed E-state index contributed by atoms with van der Waals surface area (Å²) in [5.41, 5.74) is 1.09. The average molecular weight is 128 g/mol. The molecule has 0 aliphatic heterocycles. The summed E-state index contributed by atoms with van der Waals surface area (Å²) in [6, 6.07) is 6.40. The third-order valence-corrected chi connectivity index (χ3v) is 1.01. The molecule has 1 nitrogen and oxygen atoms in total. The Hall–Kier alpha value is -0.890. The zero-order valence-electron chi connectivity index (χ0n) is 5.19. The van der Waals surface area contributed by atoms with Gasteiger partial charge in [0.15, 0.2) is 0 Å². The molecule has 9 heavy (non-hydrogen) atoms. The Kier molecular flexibility index (Phi) is 2.88. The van der Waals surface area contributed by atoms with E-state index >= 15 is 0 Å². The molecule has 0 radical (unpaired) electrons. The van der Waals surface area contributed by atoms with Gasteiger partial charge in [0.05, 0.1) is 0 Å².